The molecule has 0 atom stereocenters. The zero-order valence-corrected chi connectivity index (χ0v) is 19.9. The summed E-state index contributed by atoms with van der Waals surface area (Å²) in [5.74, 6) is 0.931. The lowest BCUT2D eigenvalue weighted by molar-refractivity contribution is -0.274. The molecular weight excluding hydrogens is 515 g/mol. The van der Waals surface area contributed by atoms with Crippen LogP contribution in [0.1, 0.15) is 32.4 Å². The van der Waals surface area contributed by atoms with Crippen LogP contribution in [0.2, 0.25) is 0 Å². The number of hydrogen-bond donors (Lipinski definition) is 0. The second-order valence-corrected chi connectivity index (χ2v) is 9.40. The highest BCUT2D eigenvalue weighted by Crippen LogP contribution is 2.28. The number of hydrogen-bond acceptors (Lipinski definition) is 5. The van der Waals surface area contributed by atoms with Gasteiger partial charge in [-0.15, -0.1) is 13.2 Å². The standard InChI is InChI=1S/C24H19BrF3N3O3/c1-23(2,3)22-30-19-10-6-15(25)12-18(19)21(32)31(22)29-13-17-9-11-20(33-17)14-4-7-16(8-5-14)34-24(26,27)28/h4-13H,1-3H3. The molecule has 6 nitrogen and oxygen atoms in total. The number of aromatic nitrogens is 2. The Morgan fingerprint density at radius 2 is 1.76 bits per heavy atom. The summed E-state index contributed by atoms with van der Waals surface area (Å²) < 4.78 is 48.7. The highest BCUT2D eigenvalue weighted by Gasteiger charge is 2.31. The first kappa shape index (κ1) is 23.7. The van der Waals surface area contributed by atoms with Crippen LogP contribution in [0.4, 0.5) is 13.2 Å². The number of nitrogens with zero attached hydrogens (tertiary/aromatic N) is 3. The quantitative estimate of drug-likeness (QED) is 0.281. The van der Waals surface area contributed by atoms with Crippen LogP contribution in [0.25, 0.3) is 22.2 Å². The van der Waals surface area contributed by atoms with Crippen LogP contribution in [0.3, 0.4) is 0 Å². The van der Waals surface area contributed by atoms with E-state index >= 15 is 0 Å². The molecule has 0 fully saturated rings. The number of furan rings is 1. The van der Waals surface area contributed by atoms with Crippen LogP contribution in [0.5, 0.6) is 5.75 Å². The molecule has 0 bridgehead atoms. The molecule has 0 saturated carbocycles. The molecule has 2 heterocycles. The minimum absolute atomic E-state index is 0.320. The largest absolute Gasteiger partial charge is 0.573 e. The van der Waals surface area contributed by atoms with Gasteiger partial charge in [0.2, 0.25) is 0 Å². The van der Waals surface area contributed by atoms with Crippen LogP contribution in [0.15, 0.2) is 73.4 Å². The first-order valence-corrected chi connectivity index (χ1v) is 10.9. The first-order chi connectivity index (χ1) is 15.9. The minimum atomic E-state index is -4.76. The topological polar surface area (TPSA) is 69.6 Å². The summed E-state index contributed by atoms with van der Waals surface area (Å²) in [5, 5.41) is 4.76. The van der Waals surface area contributed by atoms with Crippen molar-refractivity contribution in [2.45, 2.75) is 32.5 Å². The van der Waals surface area contributed by atoms with E-state index < -0.39 is 11.8 Å². The molecule has 0 aliphatic heterocycles. The molecule has 0 aliphatic rings. The number of fused-ring (bicyclic) bond motifs is 1. The van der Waals surface area contributed by atoms with Crippen molar-refractivity contribution in [3.8, 4) is 17.1 Å². The van der Waals surface area contributed by atoms with Gasteiger partial charge in [0.15, 0.2) is 0 Å². The van der Waals surface area contributed by atoms with Gasteiger partial charge in [0, 0.05) is 15.5 Å². The number of alkyl halides is 3. The van der Waals surface area contributed by atoms with Crippen molar-refractivity contribution in [3.05, 3.63) is 81.0 Å². The summed E-state index contributed by atoms with van der Waals surface area (Å²) in [7, 11) is 0. The lowest BCUT2D eigenvalue weighted by Gasteiger charge is -2.20. The molecule has 176 valence electrons. The minimum Gasteiger partial charge on any atom is -0.455 e. The molecule has 0 N–H and O–H groups in total. The fourth-order valence-electron chi connectivity index (χ4n) is 3.25. The Hall–Kier alpha value is -3.40. The Balaban J connectivity index is 1.67. The Morgan fingerprint density at radius 3 is 2.41 bits per heavy atom. The molecule has 34 heavy (non-hydrogen) atoms. The second kappa shape index (κ2) is 8.75. The van der Waals surface area contributed by atoms with Gasteiger partial charge < -0.3 is 9.15 Å². The van der Waals surface area contributed by atoms with Crippen molar-refractivity contribution in [2.75, 3.05) is 0 Å². The van der Waals surface area contributed by atoms with Gasteiger partial charge in [-0.2, -0.15) is 9.78 Å². The van der Waals surface area contributed by atoms with Crippen LogP contribution in [-0.2, 0) is 5.41 Å². The Labute approximate surface area is 200 Å². The number of halogens is 4. The summed E-state index contributed by atoms with van der Waals surface area (Å²) >= 11 is 3.38. The van der Waals surface area contributed by atoms with Crippen molar-refractivity contribution >= 4 is 33.0 Å². The van der Waals surface area contributed by atoms with E-state index in [4.69, 9.17) is 4.42 Å². The third-order valence-corrected chi connectivity index (χ3v) is 5.27. The number of ether oxygens (including phenoxy) is 1. The fourth-order valence-corrected chi connectivity index (χ4v) is 3.62. The third kappa shape index (κ3) is 5.22. The van der Waals surface area contributed by atoms with Crippen LogP contribution < -0.4 is 10.3 Å². The van der Waals surface area contributed by atoms with Crippen LogP contribution >= 0.6 is 15.9 Å². The molecule has 4 aromatic rings. The van der Waals surface area contributed by atoms with E-state index in [2.05, 4.69) is 30.8 Å². The van der Waals surface area contributed by atoms with Gasteiger partial charge in [0.05, 0.1) is 17.1 Å². The van der Waals surface area contributed by atoms with E-state index in [0.29, 0.717) is 33.8 Å². The molecular formula is C24H19BrF3N3O3. The molecule has 0 amide bonds. The van der Waals surface area contributed by atoms with Crippen molar-refractivity contribution in [1.82, 2.24) is 9.66 Å². The van der Waals surface area contributed by atoms with E-state index in [-0.39, 0.29) is 11.3 Å². The summed E-state index contributed by atoms with van der Waals surface area (Å²) in [6.07, 6.45) is -3.36. The van der Waals surface area contributed by atoms with Gasteiger partial charge in [-0.3, -0.25) is 4.79 Å². The first-order valence-electron chi connectivity index (χ1n) is 10.1. The maximum atomic E-state index is 13.2. The molecule has 4 rings (SSSR count). The normalized spacial score (nSPS) is 12.6. The highest BCUT2D eigenvalue weighted by atomic mass is 79.9. The second-order valence-electron chi connectivity index (χ2n) is 8.48. The number of rotatable bonds is 4. The zero-order chi connectivity index (χ0) is 24.7. The average Bonchev–Trinajstić information content (AvgIpc) is 3.21. The van der Waals surface area contributed by atoms with Crippen LogP contribution in [0, 0.1) is 0 Å². The average molecular weight is 534 g/mol. The Morgan fingerprint density at radius 1 is 1.06 bits per heavy atom. The highest BCUT2D eigenvalue weighted by molar-refractivity contribution is 9.10. The predicted molar refractivity (Wildman–Crippen MR) is 126 cm³/mol. The monoisotopic (exact) mass is 533 g/mol. The Kier molecular flexibility index (Phi) is 6.11. The maximum absolute atomic E-state index is 13.2. The molecule has 0 saturated heterocycles. The van der Waals surface area contributed by atoms with Crippen molar-refractivity contribution < 1.29 is 22.3 Å². The fraction of sp³-hybridized carbons (Fsp3) is 0.208. The van der Waals surface area contributed by atoms with E-state index in [9.17, 15) is 18.0 Å². The summed E-state index contributed by atoms with van der Waals surface area (Å²) in [6, 6.07) is 13.9. The number of benzene rings is 2. The van der Waals surface area contributed by atoms with Crippen molar-refractivity contribution in [1.29, 1.82) is 0 Å². The molecule has 2 aromatic heterocycles. The third-order valence-electron chi connectivity index (χ3n) is 4.78. The Bertz CT molecular complexity index is 1430. The summed E-state index contributed by atoms with van der Waals surface area (Å²) in [5.41, 5.74) is 0.341. The zero-order valence-electron chi connectivity index (χ0n) is 18.4. The van der Waals surface area contributed by atoms with Crippen LogP contribution in [-0.4, -0.2) is 22.2 Å². The van der Waals surface area contributed by atoms with Gasteiger partial charge in [0.25, 0.3) is 5.56 Å². The van der Waals surface area contributed by atoms with Crippen molar-refractivity contribution in [3.63, 3.8) is 0 Å². The summed E-state index contributed by atoms with van der Waals surface area (Å²) in [4.78, 5) is 17.8. The van der Waals surface area contributed by atoms with E-state index in [1.807, 2.05) is 26.8 Å². The smallest absolute Gasteiger partial charge is 0.455 e. The SMILES string of the molecule is CC(C)(C)c1nc2ccc(Br)cc2c(=O)n1N=Cc1ccc(-c2ccc(OC(F)(F)F)cc2)o1. The molecule has 0 spiro atoms. The molecule has 0 radical (unpaired) electrons. The lowest BCUT2D eigenvalue weighted by Crippen LogP contribution is -2.29. The van der Waals surface area contributed by atoms with E-state index in [1.54, 1.807) is 24.3 Å². The van der Waals surface area contributed by atoms with E-state index in [1.165, 1.54) is 35.2 Å². The van der Waals surface area contributed by atoms with Gasteiger partial charge >= 0.3 is 6.36 Å². The van der Waals surface area contributed by atoms with Gasteiger partial charge in [-0.1, -0.05) is 36.7 Å². The predicted octanol–water partition coefficient (Wildman–Crippen LogP) is 6.50. The van der Waals surface area contributed by atoms with E-state index in [0.717, 1.165) is 4.47 Å². The lowest BCUT2D eigenvalue weighted by atomic mass is 9.95. The molecule has 2 aromatic carbocycles. The molecule has 10 heteroatoms. The molecule has 0 aliphatic carbocycles. The molecule has 0 unspecified atom stereocenters. The van der Waals surface area contributed by atoms with Gasteiger partial charge in [-0.25, -0.2) is 4.98 Å². The van der Waals surface area contributed by atoms with Crippen molar-refractivity contribution in [2.24, 2.45) is 5.10 Å². The maximum Gasteiger partial charge on any atom is 0.573 e. The summed E-state index contributed by atoms with van der Waals surface area (Å²) in [6.45, 7) is 5.80. The van der Waals surface area contributed by atoms with Gasteiger partial charge in [0.1, 0.15) is 23.1 Å². The van der Waals surface area contributed by atoms with Gasteiger partial charge in [-0.05, 0) is 54.6 Å².